The molecule has 0 radical (unpaired) electrons. The molecule has 0 aliphatic carbocycles. The lowest BCUT2D eigenvalue weighted by molar-refractivity contribution is -0.143. The van der Waals surface area contributed by atoms with Crippen molar-refractivity contribution in [1.29, 1.82) is 0 Å². The molecule has 0 saturated heterocycles. The van der Waals surface area contributed by atoms with E-state index in [9.17, 15) is 24.0 Å². The molecule has 0 spiro atoms. The van der Waals surface area contributed by atoms with Crippen molar-refractivity contribution in [1.82, 2.24) is 16.0 Å². The summed E-state index contributed by atoms with van der Waals surface area (Å²) in [6.45, 7) is 4.94. The van der Waals surface area contributed by atoms with Crippen LogP contribution in [0.15, 0.2) is 4.99 Å². The summed E-state index contributed by atoms with van der Waals surface area (Å²) < 4.78 is 0. The minimum atomic E-state index is -1.55. The summed E-state index contributed by atoms with van der Waals surface area (Å²) in [6, 6.07) is -4.90. The average Bonchev–Trinajstić information content (AvgIpc) is 2.72. The van der Waals surface area contributed by atoms with Gasteiger partial charge < -0.3 is 43.4 Å². The Morgan fingerprint density at radius 2 is 1.55 bits per heavy atom. The van der Waals surface area contributed by atoms with Crippen molar-refractivity contribution in [3.8, 4) is 0 Å². The highest BCUT2D eigenvalue weighted by Gasteiger charge is 2.32. The maximum Gasteiger partial charge on any atom is 0.325 e. The SMILES string of the molecule is CCC(C)C(NC(=O)C(N)CCCN=C(N)N)C(=O)NC(CC(=O)O)C(=O)NC(C)C(=O)O. The maximum atomic E-state index is 12.9. The van der Waals surface area contributed by atoms with Crippen molar-refractivity contribution >= 4 is 35.6 Å². The summed E-state index contributed by atoms with van der Waals surface area (Å²) in [5.74, 6) is -5.57. The van der Waals surface area contributed by atoms with Crippen molar-refractivity contribution in [3.63, 3.8) is 0 Å². The highest BCUT2D eigenvalue weighted by molar-refractivity contribution is 5.95. The van der Waals surface area contributed by atoms with E-state index in [1.807, 2.05) is 0 Å². The van der Waals surface area contributed by atoms with Gasteiger partial charge >= 0.3 is 11.9 Å². The number of carbonyl (C=O) groups excluding carboxylic acids is 3. The third-order valence-electron chi connectivity index (χ3n) is 4.84. The van der Waals surface area contributed by atoms with Crippen LogP contribution in [-0.2, 0) is 24.0 Å². The van der Waals surface area contributed by atoms with E-state index in [4.69, 9.17) is 27.4 Å². The standard InChI is InChI=1S/C19H35N7O7/c1-4-9(2)14(26-15(29)11(20)6-5-7-23-19(21)22)17(31)25-12(8-13(27)28)16(30)24-10(3)18(32)33/h9-12,14H,4-8,20H2,1-3H3,(H,24,30)(H,25,31)(H,26,29)(H,27,28)(H,32,33)(H4,21,22,23). The summed E-state index contributed by atoms with van der Waals surface area (Å²) in [5.41, 5.74) is 16.3. The molecule has 3 amide bonds. The van der Waals surface area contributed by atoms with E-state index < -0.39 is 60.2 Å². The fourth-order valence-electron chi connectivity index (χ4n) is 2.63. The molecule has 0 heterocycles. The number of rotatable bonds is 15. The Bertz CT molecular complexity index is 740. The molecule has 33 heavy (non-hydrogen) atoms. The van der Waals surface area contributed by atoms with Crippen molar-refractivity contribution < 1.29 is 34.2 Å². The first-order chi connectivity index (χ1) is 15.3. The summed E-state index contributed by atoms with van der Waals surface area (Å²) in [6.07, 6.45) is 0.364. The van der Waals surface area contributed by atoms with Gasteiger partial charge in [0.1, 0.15) is 18.1 Å². The molecule has 5 atom stereocenters. The number of amides is 3. The summed E-state index contributed by atoms with van der Waals surface area (Å²) in [4.78, 5) is 63.6. The van der Waals surface area contributed by atoms with Gasteiger partial charge in [0.15, 0.2) is 5.96 Å². The van der Waals surface area contributed by atoms with Crippen LogP contribution in [-0.4, -0.2) is 76.5 Å². The van der Waals surface area contributed by atoms with Crippen LogP contribution >= 0.6 is 0 Å². The minimum Gasteiger partial charge on any atom is -0.481 e. The molecule has 0 aromatic heterocycles. The highest BCUT2D eigenvalue weighted by Crippen LogP contribution is 2.10. The van der Waals surface area contributed by atoms with E-state index in [-0.39, 0.29) is 24.8 Å². The third-order valence-corrected chi connectivity index (χ3v) is 4.84. The van der Waals surface area contributed by atoms with Crippen LogP contribution < -0.4 is 33.2 Å². The fourth-order valence-corrected chi connectivity index (χ4v) is 2.63. The van der Waals surface area contributed by atoms with Gasteiger partial charge in [-0.25, -0.2) is 0 Å². The second-order valence-electron chi connectivity index (χ2n) is 7.65. The van der Waals surface area contributed by atoms with E-state index in [0.717, 1.165) is 0 Å². The number of nitrogens with zero attached hydrogens (tertiary/aromatic N) is 1. The molecule has 0 aromatic rings. The lowest BCUT2D eigenvalue weighted by Gasteiger charge is -2.27. The van der Waals surface area contributed by atoms with Gasteiger partial charge in [0.2, 0.25) is 17.7 Å². The van der Waals surface area contributed by atoms with Gasteiger partial charge in [-0.15, -0.1) is 0 Å². The average molecular weight is 474 g/mol. The molecule has 0 bridgehead atoms. The van der Waals surface area contributed by atoms with E-state index in [1.165, 1.54) is 6.92 Å². The Labute approximate surface area is 191 Å². The zero-order valence-electron chi connectivity index (χ0n) is 19.0. The van der Waals surface area contributed by atoms with Crippen molar-refractivity contribution in [2.24, 2.45) is 28.1 Å². The molecule has 0 aliphatic rings. The largest absolute Gasteiger partial charge is 0.481 e. The Morgan fingerprint density at radius 3 is 2.03 bits per heavy atom. The number of aliphatic imine (C=N–C) groups is 1. The van der Waals surface area contributed by atoms with Gasteiger partial charge in [-0.1, -0.05) is 20.3 Å². The molecular weight excluding hydrogens is 438 g/mol. The molecule has 14 nitrogen and oxygen atoms in total. The number of carboxylic acid groups (broad SMARTS) is 2. The van der Waals surface area contributed by atoms with Crippen molar-refractivity contribution in [3.05, 3.63) is 0 Å². The first-order valence-electron chi connectivity index (χ1n) is 10.5. The first kappa shape index (κ1) is 29.6. The molecule has 0 aromatic carbocycles. The fraction of sp³-hybridized carbons (Fsp3) is 0.684. The second kappa shape index (κ2) is 14.6. The molecule has 11 N–H and O–H groups in total. The highest BCUT2D eigenvalue weighted by atomic mass is 16.4. The van der Waals surface area contributed by atoms with Crippen LogP contribution in [0, 0.1) is 5.92 Å². The van der Waals surface area contributed by atoms with Crippen molar-refractivity contribution in [2.75, 3.05) is 6.54 Å². The van der Waals surface area contributed by atoms with Gasteiger partial charge in [-0.2, -0.15) is 0 Å². The van der Waals surface area contributed by atoms with E-state index in [1.54, 1.807) is 13.8 Å². The monoisotopic (exact) mass is 473 g/mol. The van der Waals surface area contributed by atoms with Gasteiger partial charge in [0.25, 0.3) is 0 Å². The molecule has 0 aliphatic heterocycles. The molecule has 188 valence electrons. The molecule has 0 fully saturated rings. The lowest BCUT2D eigenvalue weighted by Crippen LogP contribution is -2.58. The first-order valence-corrected chi connectivity index (χ1v) is 10.5. The zero-order chi connectivity index (χ0) is 25.7. The molecule has 0 rings (SSSR count). The van der Waals surface area contributed by atoms with Crippen LogP contribution in [0.5, 0.6) is 0 Å². The van der Waals surface area contributed by atoms with E-state index >= 15 is 0 Å². The number of aliphatic carboxylic acids is 2. The smallest absolute Gasteiger partial charge is 0.325 e. The minimum absolute atomic E-state index is 0.0840. The zero-order valence-corrected chi connectivity index (χ0v) is 19.0. The number of nitrogens with two attached hydrogens (primary N) is 3. The summed E-state index contributed by atoms with van der Waals surface area (Å²) >= 11 is 0. The molecular formula is C19H35N7O7. The Balaban J connectivity index is 5.31. The lowest BCUT2D eigenvalue weighted by atomic mass is 9.97. The Hall–Kier alpha value is -3.42. The predicted octanol–water partition coefficient (Wildman–Crippen LogP) is -2.55. The quantitative estimate of drug-likeness (QED) is 0.0701. The number of hydrogen-bond acceptors (Lipinski definition) is 7. The van der Waals surface area contributed by atoms with Crippen LogP contribution in [0.4, 0.5) is 0 Å². The Kier molecular flexibility index (Phi) is 13.1. The number of hydrogen-bond donors (Lipinski definition) is 8. The maximum absolute atomic E-state index is 12.9. The third kappa shape index (κ3) is 11.7. The van der Waals surface area contributed by atoms with Crippen LogP contribution in [0.1, 0.15) is 46.5 Å². The normalized spacial score (nSPS) is 15.2. The van der Waals surface area contributed by atoms with Gasteiger partial charge in [0.05, 0.1) is 12.5 Å². The number of carboxylic acids is 2. The van der Waals surface area contributed by atoms with E-state index in [0.29, 0.717) is 12.8 Å². The number of nitrogens with one attached hydrogen (secondary N) is 3. The second-order valence-corrected chi connectivity index (χ2v) is 7.65. The molecule has 14 heteroatoms. The van der Waals surface area contributed by atoms with Gasteiger partial charge in [-0.3, -0.25) is 29.0 Å². The number of carbonyl (C=O) groups is 5. The molecule has 5 unspecified atom stereocenters. The predicted molar refractivity (Wildman–Crippen MR) is 119 cm³/mol. The van der Waals surface area contributed by atoms with Crippen LogP contribution in [0.25, 0.3) is 0 Å². The topological polar surface area (TPSA) is 252 Å². The number of guanidine groups is 1. The van der Waals surface area contributed by atoms with E-state index in [2.05, 4.69) is 20.9 Å². The van der Waals surface area contributed by atoms with Crippen LogP contribution in [0.3, 0.4) is 0 Å². The summed E-state index contributed by atoms with van der Waals surface area (Å²) in [5, 5.41) is 25.0. The van der Waals surface area contributed by atoms with Gasteiger partial charge in [-0.05, 0) is 25.7 Å². The molecule has 0 saturated carbocycles. The van der Waals surface area contributed by atoms with Crippen molar-refractivity contribution in [2.45, 2.75) is 70.6 Å². The Morgan fingerprint density at radius 1 is 0.939 bits per heavy atom. The summed E-state index contributed by atoms with van der Waals surface area (Å²) in [7, 11) is 0. The van der Waals surface area contributed by atoms with Crippen LogP contribution in [0.2, 0.25) is 0 Å². The van der Waals surface area contributed by atoms with Gasteiger partial charge in [0, 0.05) is 6.54 Å².